The number of fused-ring (bicyclic) bond motifs is 1. The van der Waals surface area contributed by atoms with Crippen molar-refractivity contribution in [3.05, 3.63) is 64.9 Å². The maximum Gasteiger partial charge on any atom is 0.293 e. The first kappa shape index (κ1) is 16.9. The summed E-state index contributed by atoms with van der Waals surface area (Å²) in [7, 11) is -3.60. The van der Waals surface area contributed by atoms with Gasteiger partial charge in [-0.05, 0) is 61.4 Å². The molecule has 0 fully saturated rings. The van der Waals surface area contributed by atoms with Gasteiger partial charge in [-0.25, -0.2) is 8.42 Å². The van der Waals surface area contributed by atoms with Crippen LogP contribution in [0.3, 0.4) is 0 Å². The smallest absolute Gasteiger partial charge is 0.293 e. The molecule has 3 heterocycles. The van der Waals surface area contributed by atoms with Gasteiger partial charge in [0, 0.05) is 22.8 Å². The van der Waals surface area contributed by atoms with Gasteiger partial charge in [-0.2, -0.15) is 0 Å². The summed E-state index contributed by atoms with van der Waals surface area (Å²) in [6, 6.07) is 11.9. The lowest BCUT2D eigenvalue weighted by atomic mass is 10.1. The number of hydrogen-bond acceptors (Lipinski definition) is 5. The van der Waals surface area contributed by atoms with E-state index < -0.39 is 10.0 Å². The first-order chi connectivity index (χ1) is 12.4. The summed E-state index contributed by atoms with van der Waals surface area (Å²) < 4.78 is 33.0. The highest BCUT2D eigenvalue weighted by atomic mass is 32.2. The number of furan rings is 1. The molecule has 0 unspecified atom stereocenters. The minimum absolute atomic E-state index is 0.198. The Hall–Kier alpha value is -2.58. The van der Waals surface area contributed by atoms with Crippen molar-refractivity contribution in [1.29, 1.82) is 0 Å². The Bertz CT molecular complexity index is 1070. The number of sulfonamides is 1. The van der Waals surface area contributed by atoms with E-state index in [9.17, 15) is 13.2 Å². The molecule has 1 aliphatic heterocycles. The molecule has 134 valence electrons. The molecule has 1 aromatic carbocycles. The molecule has 1 N–H and O–H groups in total. The topological polar surface area (TPSA) is 79.6 Å². The van der Waals surface area contributed by atoms with Crippen LogP contribution in [0.4, 0.5) is 11.4 Å². The van der Waals surface area contributed by atoms with Crippen LogP contribution in [0, 0.1) is 6.92 Å². The third-order valence-corrected chi connectivity index (χ3v) is 7.06. The fourth-order valence-electron chi connectivity index (χ4n) is 2.97. The van der Waals surface area contributed by atoms with Crippen molar-refractivity contribution in [2.75, 3.05) is 16.2 Å². The molecule has 0 spiro atoms. The van der Waals surface area contributed by atoms with Crippen molar-refractivity contribution in [3.8, 4) is 0 Å². The number of anilines is 2. The van der Waals surface area contributed by atoms with Crippen molar-refractivity contribution in [2.24, 2.45) is 0 Å². The molecule has 0 saturated heterocycles. The predicted molar refractivity (Wildman–Crippen MR) is 100 cm³/mol. The number of nitrogens with zero attached hydrogens (tertiary/aromatic N) is 1. The molecule has 0 radical (unpaired) electrons. The van der Waals surface area contributed by atoms with Crippen LogP contribution < -0.4 is 9.62 Å². The van der Waals surface area contributed by atoms with Crippen molar-refractivity contribution < 1.29 is 17.6 Å². The van der Waals surface area contributed by atoms with Crippen LogP contribution in [0.1, 0.15) is 21.0 Å². The van der Waals surface area contributed by atoms with Crippen molar-refractivity contribution in [1.82, 2.24) is 0 Å². The zero-order valence-electron chi connectivity index (χ0n) is 13.9. The maximum absolute atomic E-state index is 12.5. The molecule has 0 aliphatic carbocycles. The highest BCUT2D eigenvalue weighted by molar-refractivity contribution is 7.94. The van der Waals surface area contributed by atoms with E-state index in [2.05, 4.69) is 4.72 Å². The monoisotopic (exact) mass is 388 g/mol. The van der Waals surface area contributed by atoms with Gasteiger partial charge >= 0.3 is 0 Å². The molecule has 4 rings (SSSR count). The Morgan fingerprint density at radius 1 is 1.23 bits per heavy atom. The summed E-state index contributed by atoms with van der Waals surface area (Å²) >= 11 is 1.23. The Morgan fingerprint density at radius 2 is 2.08 bits per heavy atom. The van der Waals surface area contributed by atoms with Crippen molar-refractivity contribution >= 4 is 38.6 Å². The summed E-state index contributed by atoms with van der Waals surface area (Å²) in [4.78, 5) is 15.1. The van der Waals surface area contributed by atoms with E-state index in [1.54, 1.807) is 47.4 Å². The number of amides is 1. The quantitative estimate of drug-likeness (QED) is 0.740. The molecule has 6 nitrogen and oxygen atoms in total. The van der Waals surface area contributed by atoms with Crippen LogP contribution in [-0.2, 0) is 16.4 Å². The fraction of sp³-hybridized carbons (Fsp3) is 0.167. The Balaban J connectivity index is 1.58. The molecular formula is C18H16N2O4S2. The molecule has 2 aromatic heterocycles. The first-order valence-corrected chi connectivity index (χ1v) is 10.3. The number of carbonyl (C=O) groups is 1. The van der Waals surface area contributed by atoms with E-state index in [0.29, 0.717) is 18.7 Å². The molecule has 8 heteroatoms. The van der Waals surface area contributed by atoms with Gasteiger partial charge in [-0.15, -0.1) is 11.3 Å². The molecule has 1 amide bonds. The average Bonchev–Trinajstić information content (AvgIpc) is 3.34. The van der Waals surface area contributed by atoms with Crippen LogP contribution in [0.15, 0.2) is 57.4 Å². The van der Waals surface area contributed by atoms with Gasteiger partial charge in [0.1, 0.15) is 4.21 Å². The van der Waals surface area contributed by atoms with E-state index in [0.717, 1.165) is 16.1 Å². The summed E-state index contributed by atoms with van der Waals surface area (Å²) in [5.41, 5.74) is 2.19. The summed E-state index contributed by atoms with van der Waals surface area (Å²) in [5, 5.41) is 0. The standard InChI is InChI=1S/C18H16N2O4S2/c1-12-4-7-17(25-12)26(22,23)19-14-5-6-15-13(11-14)8-9-20(15)18(21)16-3-2-10-24-16/h2-7,10-11,19H,8-9H2,1H3. The number of hydrogen-bond donors (Lipinski definition) is 1. The molecule has 26 heavy (non-hydrogen) atoms. The summed E-state index contributed by atoms with van der Waals surface area (Å²) in [6.45, 7) is 2.40. The predicted octanol–water partition coefficient (Wildman–Crippen LogP) is 3.65. The molecule has 3 aromatic rings. The van der Waals surface area contributed by atoms with Gasteiger partial charge in [-0.1, -0.05) is 0 Å². The van der Waals surface area contributed by atoms with Gasteiger partial charge < -0.3 is 9.32 Å². The second kappa shape index (κ2) is 6.30. The molecule has 0 atom stereocenters. The Labute approximate surface area is 155 Å². The second-order valence-corrected chi connectivity index (χ2v) is 9.20. The minimum Gasteiger partial charge on any atom is -0.459 e. The van der Waals surface area contributed by atoms with Crippen LogP contribution in [0.25, 0.3) is 0 Å². The Morgan fingerprint density at radius 3 is 2.77 bits per heavy atom. The highest BCUT2D eigenvalue weighted by Crippen LogP contribution is 2.33. The Kier molecular flexibility index (Phi) is 4.08. The molecule has 0 bridgehead atoms. The van der Waals surface area contributed by atoms with Gasteiger partial charge in [-0.3, -0.25) is 9.52 Å². The highest BCUT2D eigenvalue weighted by Gasteiger charge is 2.27. The molecule has 1 aliphatic rings. The third-order valence-electron chi connectivity index (χ3n) is 4.18. The minimum atomic E-state index is -3.60. The summed E-state index contributed by atoms with van der Waals surface area (Å²) in [6.07, 6.45) is 2.13. The number of benzene rings is 1. The van der Waals surface area contributed by atoms with Crippen molar-refractivity contribution in [3.63, 3.8) is 0 Å². The first-order valence-electron chi connectivity index (χ1n) is 8.01. The SMILES string of the molecule is Cc1ccc(S(=O)(=O)Nc2ccc3c(c2)CCN3C(=O)c2ccco2)s1. The lowest BCUT2D eigenvalue weighted by Crippen LogP contribution is -2.28. The van der Waals surface area contributed by atoms with Crippen molar-refractivity contribution in [2.45, 2.75) is 17.6 Å². The largest absolute Gasteiger partial charge is 0.459 e. The maximum atomic E-state index is 12.5. The van der Waals surface area contributed by atoms with Crippen LogP contribution >= 0.6 is 11.3 Å². The van der Waals surface area contributed by atoms with E-state index in [4.69, 9.17) is 4.42 Å². The zero-order valence-corrected chi connectivity index (χ0v) is 15.6. The fourth-order valence-corrected chi connectivity index (χ4v) is 5.30. The molecular weight excluding hydrogens is 372 g/mol. The number of carbonyl (C=O) groups excluding carboxylic acids is 1. The number of nitrogens with one attached hydrogen (secondary N) is 1. The number of thiophene rings is 1. The lowest BCUT2D eigenvalue weighted by molar-refractivity contribution is 0.0963. The van der Waals surface area contributed by atoms with Crippen LogP contribution in [0.5, 0.6) is 0 Å². The normalized spacial score (nSPS) is 13.7. The van der Waals surface area contributed by atoms with Gasteiger partial charge in [0.05, 0.1) is 6.26 Å². The van der Waals surface area contributed by atoms with Gasteiger partial charge in [0.15, 0.2) is 5.76 Å². The van der Waals surface area contributed by atoms with E-state index in [-0.39, 0.29) is 15.9 Å². The third kappa shape index (κ3) is 3.02. The van der Waals surface area contributed by atoms with E-state index >= 15 is 0 Å². The summed E-state index contributed by atoms with van der Waals surface area (Å²) in [5.74, 6) is 0.0897. The average molecular weight is 388 g/mol. The number of rotatable bonds is 4. The van der Waals surface area contributed by atoms with Gasteiger partial charge in [0.25, 0.3) is 15.9 Å². The van der Waals surface area contributed by atoms with Gasteiger partial charge in [0.2, 0.25) is 0 Å². The lowest BCUT2D eigenvalue weighted by Gasteiger charge is -2.16. The zero-order chi connectivity index (χ0) is 18.3. The molecule has 0 saturated carbocycles. The van der Waals surface area contributed by atoms with Crippen LogP contribution in [-0.4, -0.2) is 20.9 Å². The second-order valence-electron chi connectivity index (χ2n) is 6.00. The van der Waals surface area contributed by atoms with E-state index in [1.807, 2.05) is 6.92 Å². The van der Waals surface area contributed by atoms with Crippen LogP contribution in [0.2, 0.25) is 0 Å². The van der Waals surface area contributed by atoms with E-state index in [1.165, 1.54) is 17.6 Å². The number of aryl methyl sites for hydroxylation is 1.